The molecular weight excluding hydrogens is 152 g/mol. The molecule has 1 aliphatic rings. The molecule has 1 aliphatic heterocycles. The van der Waals surface area contributed by atoms with Gasteiger partial charge in [0.25, 0.3) is 0 Å². The predicted molar refractivity (Wildman–Crippen MR) is 48.7 cm³/mol. The van der Waals surface area contributed by atoms with Crippen molar-refractivity contribution >= 4 is 0 Å². The highest BCUT2D eigenvalue weighted by atomic mass is 16.6. The molecule has 70 valence electrons. The van der Waals surface area contributed by atoms with Crippen LogP contribution in [0.15, 0.2) is 12.7 Å². The van der Waals surface area contributed by atoms with Gasteiger partial charge in [-0.05, 0) is 31.6 Å². The molecule has 1 saturated heterocycles. The van der Waals surface area contributed by atoms with Crippen molar-refractivity contribution in [3.63, 3.8) is 0 Å². The summed E-state index contributed by atoms with van der Waals surface area (Å²) in [5.74, 6) is 0.486. The molecule has 3 atom stereocenters. The molecule has 0 saturated carbocycles. The van der Waals surface area contributed by atoms with Gasteiger partial charge in [0.1, 0.15) is 0 Å². The van der Waals surface area contributed by atoms with Crippen LogP contribution in [-0.4, -0.2) is 17.5 Å². The first-order chi connectivity index (χ1) is 5.72. The van der Waals surface area contributed by atoms with E-state index in [1.54, 1.807) is 0 Å². The Morgan fingerprint density at radius 3 is 3.00 bits per heavy atom. The van der Waals surface area contributed by atoms with Gasteiger partial charge >= 0.3 is 0 Å². The summed E-state index contributed by atoms with van der Waals surface area (Å²) in [5.41, 5.74) is 0. The predicted octanol–water partition coefficient (Wildman–Crippen LogP) is 2.09. The van der Waals surface area contributed by atoms with Gasteiger partial charge in [-0.3, -0.25) is 0 Å². The lowest BCUT2D eigenvalue weighted by Gasteiger charge is -2.27. The molecule has 0 aliphatic carbocycles. The smallest absolute Gasteiger partial charge is 0.154 e. The van der Waals surface area contributed by atoms with E-state index in [1.807, 2.05) is 6.08 Å². The summed E-state index contributed by atoms with van der Waals surface area (Å²) < 4.78 is 5.37. The van der Waals surface area contributed by atoms with Gasteiger partial charge in [-0.15, -0.1) is 6.58 Å². The van der Waals surface area contributed by atoms with Gasteiger partial charge in [-0.2, -0.15) is 0 Å². The fourth-order valence-corrected chi connectivity index (χ4v) is 1.56. The Labute approximate surface area is 74.2 Å². The number of hydrogen-bond donors (Lipinski definition) is 1. The van der Waals surface area contributed by atoms with Crippen molar-refractivity contribution in [2.24, 2.45) is 5.92 Å². The van der Waals surface area contributed by atoms with Gasteiger partial charge in [-0.1, -0.05) is 13.0 Å². The standard InChI is InChI=1S/C10H18O2/c1-3-8(2)7-9-5-4-6-10(11)12-9/h3,8-11H,1,4-7H2,2H3/t8-,9-,10?/m1/s1. The first kappa shape index (κ1) is 9.75. The van der Waals surface area contributed by atoms with Crippen LogP contribution in [0.25, 0.3) is 0 Å². The van der Waals surface area contributed by atoms with Crippen molar-refractivity contribution in [2.75, 3.05) is 0 Å². The topological polar surface area (TPSA) is 29.5 Å². The molecule has 1 rings (SSSR count). The van der Waals surface area contributed by atoms with Crippen LogP contribution >= 0.6 is 0 Å². The molecule has 1 N–H and O–H groups in total. The van der Waals surface area contributed by atoms with Gasteiger partial charge in [-0.25, -0.2) is 0 Å². The molecule has 2 nitrogen and oxygen atoms in total. The van der Waals surface area contributed by atoms with Gasteiger partial charge in [0, 0.05) is 0 Å². The second-order valence-electron chi connectivity index (χ2n) is 3.59. The summed E-state index contributed by atoms with van der Waals surface area (Å²) in [6.07, 6.45) is 5.58. The van der Waals surface area contributed by atoms with Crippen LogP contribution in [0.3, 0.4) is 0 Å². The molecule has 0 aromatic rings. The summed E-state index contributed by atoms with van der Waals surface area (Å²) in [6, 6.07) is 0. The van der Waals surface area contributed by atoms with E-state index < -0.39 is 6.29 Å². The van der Waals surface area contributed by atoms with Crippen molar-refractivity contribution in [1.29, 1.82) is 0 Å². The quantitative estimate of drug-likeness (QED) is 0.657. The number of aliphatic hydroxyl groups excluding tert-OH is 1. The van der Waals surface area contributed by atoms with E-state index in [0.29, 0.717) is 5.92 Å². The van der Waals surface area contributed by atoms with Crippen LogP contribution in [0.1, 0.15) is 32.6 Å². The monoisotopic (exact) mass is 170 g/mol. The van der Waals surface area contributed by atoms with Crippen LogP contribution in [0.5, 0.6) is 0 Å². The molecule has 2 heteroatoms. The molecule has 1 fully saturated rings. The Kier molecular flexibility index (Phi) is 3.76. The van der Waals surface area contributed by atoms with E-state index in [4.69, 9.17) is 4.74 Å². The van der Waals surface area contributed by atoms with Crippen LogP contribution in [-0.2, 0) is 4.74 Å². The highest BCUT2D eigenvalue weighted by Crippen LogP contribution is 2.22. The van der Waals surface area contributed by atoms with E-state index in [9.17, 15) is 5.11 Å². The minimum atomic E-state index is -0.527. The lowest BCUT2D eigenvalue weighted by atomic mass is 9.98. The summed E-state index contributed by atoms with van der Waals surface area (Å²) in [5, 5.41) is 9.22. The number of allylic oxidation sites excluding steroid dienone is 1. The van der Waals surface area contributed by atoms with E-state index in [0.717, 1.165) is 25.7 Å². The van der Waals surface area contributed by atoms with Gasteiger partial charge < -0.3 is 9.84 Å². The fourth-order valence-electron chi connectivity index (χ4n) is 1.56. The summed E-state index contributed by atoms with van der Waals surface area (Å²) >= 11 is 0. The third-order valence-corrected chi connectivity index (χ3v) is 2.36. The highest BCUT2D eigenvalue weighted by Gasteiger charge is 2.21. The highest BCUT2D eigenvalue weighted by molar-refractivity contribution is 4.79. The third kappa shape index (κ3) is 2.95. The van der Waals surface area contributed by atoms with Crippen molar-refractivity contribution in [2.45, 2.75) is 45.0 Å². The zero-order chi connectivity index (χ0) is 8.97. The maximum atomic E-state index is 9.22. The Bertz CT molecular complexity index is 145. The molecule has 0 aromatic carbocycles. The zero-order valence-corrected chi connectivity index (χ0v) is 7.70. The minimum Gasteiger partial charge on any atom is -0.368 e. The lowest BCUT2D eigenvalue weighted by Crippen LogP contribution is -2.28. The molecule has 12 heavy (non-hydrogen) atoms. The van der Waals surface area contributed by atoms with Gasteiger partial charge in [0.05, 0.1) is 6.10 Å². The summed E-state index contributed by atoms with van der Waals surface area (Å²) in [7, 11) is 0. The molecule has 0 aromatic heterocycles. The normalized spacial score (nSPS) is 32.8. The van der Waals surface area contributed by atoms with E-state index in [2.05, 4.69) is 13.5 Å². The third-order valence-electron chi connectivity index (χ3n) is 2.36. The van der Waals surface area contributed by atoms with E-state index in [-0.39, 0.29) is 6.10 Å². The van der Waals surface area contributed by atoms with Crippen LogP contribution < -0.4 is 0 Å². The molecule has 0 bridgehead atoms. The molecule has 0 spiro atoms. The lowest BCUT2D eigenvalue weighted by molar-refractivity contribution is -0.165. The molecular formula is C10H18O2. The second-order valence-corrected chi connectivity index (χ2v) is 3.59. The number of aliphatic hydroxyl groups is 1. The van der Waals surface area contributed by atoms with Crippen LogP contribution in [0, 0.1) is 5.92 Å². The largest absolute Gasteiger partial charge is 0.368 e. The van der Waals surface area contributed by atoms with Crippen molar-refractivity contribution in [3.05, 3.63) is 12.7 Å². The number of rotatable bonds is 3. The summed E-state index contributed by atoms with van der Waals surface area (Å²) in [4.78, 5) is 0. The second kappa shape index (κ2) is 4.63. The maximum Gasteiger partial charge on any atom is 0.154 e. The van der Waals surface area contributed by atoms with E-state index in [1.165, 1.54) is 0 Å². The molecule has 0 amide bonds. The first-order valence-corrected chi connectivity index (χ1v) is 4.68. The van der Waals surface area contributed by atoms with Crippen molar-refractivity contribution in [3.8, 4) is 0 Å². The Morgan fingerprint density at radius 2 is 2.42 bits per heavy atom. The van der Waals surface area contributed by atoms with Crippen LogP contribution in [0.4, 0.5) is 0 Å². The van der Waals surface area contributed by atoms with Crippen molar-refractivity contribution in [1.82, 2.24) is 0 Å². The molecule has 1 unspecified atom stereocenters. The minimum absolute atomic E-state index is 0.238. The van der Waals surface area contributed by atoms with Crippen LogP contribution in [0.2, 0.25) is 0 Å². The Morgan fingerprint density at radius 1 is 1.67 bits per heavy atom. The number of hydrogen-bond acceptors (Lipinski definition) is 2. The zero-order valence-electron chi connectivity index (χ0n) is 7.70. The van der Waals surface area contributed by atoms with Crippen molar-refractivity contribution < 1.29 is 9.84 Å². The maximum absolute atomic E-state index is 9.22. The average Bonchev–Trinajstić information content (AvgIpc) is 2.04. The molecule has 1 heterocycles. The Hall–Kier alpha value is -0.340. The molecule has 0 radical (unpaired) electrons. The fraction of sp³-hybridized carbons (Fsp3) is 0.800. The van der Waals surface area contributed by atoms with E-state index >= 15 is 0 Å². The van der Waals surface area contributed by atoms with Gasteiger partial charge in [0.2, 0.25) is 0 Å². The summed E-state index contributed by atoms with van der Waals surface area (Å²) in [6.45, 7) is 5.85. The SMILES string of the molecule is C=C[C@@H](C)C[C@H]1CCCC(O)O1. The Balaban J connectivity index is 2.26. The first-order valence-electron chi connectivity index (χ1n) is 4.68. The number of ether oxygens (including phenoxy) is 1. The van der Waals surface area contributed by atoms with Gasteiger partial charge in [0.15, 0.2) is 6.29 Å². The average molecular weight is 170 g/mol.